The zero-order valence-corrected chi connectivity index (χ0v) is 14.5. The average molecular weight is 338 g/mol. The quantitative estimate of drug-likeness (QED) is 0.898. The van der Waals surface area contributed by atoms with Crippen LogP contribution in [-0.4, -0.2) is 25.1 Å². The highest BCUT2D eigenvalue weighted by atomic mass is 16.5. The Kier molecular flexibility index (Phi) is 5.08. The Labute approximate surface area is 147 Å². The minimum absolute atomic E-state index is 0.0509. The summed E-state index contributed by atoms with van der Waals surface area (Å²) in [5.41, 5.74) is 3.67. The summed E-state index contributed by atoms with van der Waals surface area (Å²) in [6.45, 7) is 0. The molecule has 0 fully saturated rings. The number of hydrogen-bond donors (Lipinski definition) is 1. The van der Waals surface area contributed by atoms with Gasteiger partial charge in [0.2, 0.25) is 0 Å². The molecule has 0 saturated carbocycles. The van der Waals surface area contributed by atoms with Crippen molar-refractivity contribution in [1.29, 1.82) is 0 Å². The number of carbonyl (C=O) groups is 1. The highest BCUT2D eigenvalue weighted by Crippen LogP contribution is 2.37. The number of phenols is 1. The second kappa shape index (κ2) is 7.43. The second-order valence-electron chi connectivity index (χ2n) is 6.17. The fourth-order valence-electron chi connectivity index (χ4n) is 3.10. The van der Waals surface area contributed by atoms with Crippen LogP contribution in [0.15, 0.2) is 48.2 Å². The first-order valence-corrected chi connectivity index (χ1v) is 8.37. The summed E-state index contributed by atoms with van der Waals surface area (Å²) in [5, 5.41) is 10.3. The van der Waals surface area contributed by atoms with Crippen molar-refractivity contribution in [3.05, 3.63) is 59.4 Å². The molecule has 0 aromatic heterocycles. The average Bonchev–Trinajstić information content (AvgIpc) is 2.64. The zero-order chi connectivity index (χ0) is 17.8. The molecule has 2 aromatic rings. The van der Waals surface area contributed by atoms with E-state index in [4.69, 9.17) is 9.47 Å². The van der Waals surface area contributed by atoms with Gasteiger partial charge < -0.3 is 14.6 Å². The maximum atomic E-state index is 12.2. The van der Waals surface area contributed by atoms with Gasteiger partial charge >= 0.3 is 0 Å². The van der Waals surface area contributed by atoms with Crippen LogP contribution >= 0.6 is 0 Å². The lowest BCUT2D eigenvalue weighted by Crippen LogP contribution is -2.00. The van der Waals surface area contributed by atoms with Crippen molar-refractivity contribution >= 4 is 5.78 Å². The van der Waals surface area contributed by atoms with Crippen LogP contribution in [0.5, 0.6) is 11.5 Å². The molecule has 1 aliphatic carbocycles. The number of ketones is 1. The molecule has 4 heteroatoms. The lowest BCUT2D eigenvalue weighted by molar-refractivity contribution is -0.114. The number of hydrogen-bond acceptors (Lipinski definition) is 4. The Morgan fingerprint density at radius 3 is 2.24 bits per heavy atom. The highest BCUT2D eigenvalue weighted by Gasteiger charge is 2.14. The lowest BCUT2D eigenvalue weighted by Gasteiger charge is -2.13. The van der Waals surface area contributed by atoms with Crippen LogP contribution in [0.1, 0.15) is 24.0 Å². The van der Waals surface area contributed by atoms with Crippen molar-refractivity contribution in [3.63, 3.8) is 0 Å². The summed E-state index contributed by atoms with van der Waals surface area (Å²) in [6.07, 6.45) is 4.01. The van der Waals surface area contributed by atoms with Gasteiger partial charge in [0.1, 0.15) is 11.5 Å². The monoisotopic (exact) mass is 338 g/mol. The van der Waals surface area contributed by atoms with E-state index in [1.54, 1.807) is 26.4 Å². The van der Waals surface area contributed by atoms with Crippen LogP contribution in [0.4, 0.5) is 0 Å². The van der Waals surface area contributed by atoms with E-state index in [0.717, 1.165) is 28.7 Å². The molecule has 0 radical (unpaired) electrons. The minimum Gasteiger partial charge on any atom is -0.507 e. The molecule has 0 heterocycles. The van der Waals surface area contributed by atoms with E-state index in [0.29, 0.717) is 30.8 Å². The molecular weight excluding hydrogens is 316 g/mol. The molecule has 0 unspecified atom stereocenters. The molecule has 130 valence electrons. The Hall–Kier alpha value is -2.75. The van der Waals surface area contributed by atoms with E-state index in [-0.39, 0.29) is 11.5 Å². The Bertz CT molecular complexity index is 821. The van der Waals surface area contributed by atoms with E-state index in [2.05, 4.69) is 0 Å². The molecule has 3 rings (SSSR count). The maximum Gasteiger partial charge on any atom is 0.159 e. The zero-order valence-electron chi connectivity index (χ0n) is 14.5. The van der Waals surface area contributed by atoms with Crippen molar-refractivity contribution in [3.8, 4) is 22.6 Å². The van der Waals surface area contributed by atoms with Crippen LogP contribution in [0.2, 0.25) is 0 Å². The number of phenolic OH excluding ortho intramolecular Hbond substituents is 1. The molecule has 1 N–H and O–H groups in total. The number of carbonyl (C=O) groups excluding carboxylic acids is 1. The summed E-state index contributed by atoms with van der Waals surface area (Å²) >= 11 is 0. The molecule has 0 atom stereocenters. The third-order valence-corrected chi connectivity index (χ3v) is 4.52. The van der Waals surface area contributed by atoms with Gasteiger partial charge in [0.15, 0.2) is 5.78 Å². The largest absolute Gasteiger partial charge is 0.507 e. The molecule has 4 nitrogen and oxygen atoms in total. The van der Waals surface area contributed by atoms with Crippen molar-refractivity contribution in [1.82, 2.24) is 0 Å². The molecule has 0 spiro atoms. The second-order valence-corrected chi connectivity index (χ2v) is 6.17. The standard InChI is InChI=1S/C21H22O4/c1-24-17-8-4-15-6-10-21(25-2)19(12-15)18-11-14(5-9-20(18)23)3-7-16(22)13-17/h5-6,9-13,23H,3-4,7-8H2,1-2H3. The van der Waals surface area contributed by atoms with Gasteiger partial charge in [0.25, 0.3) is 0 Å². The number of allylic oxidation sites excluding steroid dienone is 2. The first-order valence-electron chi connectivity index (χ1n) is 8.37. The predicted octanol–water partition coefficient (Wildman–Crippen LogP) is 4.05. The Morgan fingerprint density at radius 2 is 1.52 bits per heavy atom. The normalized spacial score (nSPS) is 14.6. The molecule has 0 aliphatic heterocycles. The summed E-state index contributed by atoms with van der Waals surface area (Å²) in [5.74, 6) is 1.66. The molecule has 0 amide bonds. The van der Waals surface area contributed by atoms with E-state index in [1.807, 2.05) is 30.3 Å². The smallest absolute Gasteiger partial charge is 0.159 e. The van der Waals surface area contributed by atoms with Crippen LogP contribution < -0.4 is 4.74 Å². The minimum atomic E-state index is 0.0509. The Balaban J connectivity index is 2.12. The van der Waals surface area contributed by atoms with Gasteiger partial charge in [-0.1, -0.05) is 12.1 Å². The third-order valence-electron chi connectivity index (χ3n) is 4.52. The van der Waals surface area contributed by atoms with Crippen molar-refractivity contribution in [2.24, 2.45) is 0 Å². The van der Waals surface area contributed by atoms with Gasteiger partial charge in [-0.15, -0.1) is 0 Å². The van der Waals surface area contributed by atoms with Gasteiger partial charge in [-0.05, 0) is 48.2 Å². The third kappa shape index (κ3) is 3.85. The van der Waals surface area contributed by atoms with Crippen LogP contribution in [-0.2, 0) is 22.4 Å². The van der Waals surface area contributed by atoms with Gasteiger partial charge in [-0.2, -0.15) is 0 Å². The van der Waals surface area contributed by atoms with Gasteiger partial charge in [0.05, 0.1) is 20.0 Å². The van der Waals surface area contributed by atoms with E-state index >= 15 is 0 Å². The van der Waals surface area contributed by atoms with Gasteiger partial charge in [-0.25, -0.2) is 0 Å². The van der Waals surface area contributed by atoms with E-state index in [9.17, 15) is 9.90 Å². The number of aryl methyl sites for hydroxylation is 2. The number of fused-ring (bicyclic) bond motifs is 5. The van der Waals surface area contributed by atoms with Gasteiger partial charge in [0, 0.05) is 30.0 Å². The van der Waals surface area contributed by atoms with Crippen molar-refractivity contribution in [2.45, 2.75) is 25.7 Å². The van der Waals surface area contributed by atoms with E-state index in [1.165, 1.54) is 0 Å². The molecule has 4 bridgehead atoms. The summed E-state index contributed by atoms with van der Waals surface area (Å²) < 4.78 is 10.8. The Morgan fingerprint density at radius 1 is 0.840 bits per heavy atom. The number of ether oxygens (including phenoxy) is 2. The van der Waals surface area contributed by atoms with E-state index < -0.39 is 0 Å². The fraction of sp³-hybridized carbons (Fsp3) is 0.286. The number of benzene rings is 2. The molecule has 0 saturated heterocycles. The first kappa shape index (κ1) is 17.1. The number of aromatic hydroxyl groups is 1. The highest BCUT2D eigenvalue weighted by molar-refractivity contribution is 5.90. The SMILES string of the molecule is COC1=CC(=O)CCc2ccc(O)c(c2)-c2cc(ccc2OC)CC1. The molecule has 1 aliphatic rings. The van der Waals surface area contributed by atoms with Gasteiger partial charge in [-0.3, -0.25) is 4.79 Å². The van der Waals surface area contributed by atoms with Crippen LogP contribution in [0.3, 0.4) is 0 Å². The maximum absolute atomic E-state index is 12.2. The van der Waals surface area contributed by atoms with Crippen molar-refractivity contribution in [2.75, 3.05) is 14.2 Å². The summed E-state index contributed by atoms with van der Waals surface area (Å²) in [4.78, 5) is 12.2. The molecular formula is C21H22O4. The molecule has 25 heavy (non-hydrogen) atoms. The summed E-state index contributed by atoms with van der Waals surface area (Å²) in [6, 6.07) is 11.4. The topological polar surface area (TPSA) is 55.8 Å². The predicted molar refractivity (Wildman–Crippen MR) is 96.8 cm³/mol. The lowest BCUT2D eigenvalue weighted by atomic mass is 9.96. The molecule has 2 aromatic carbocycles. The van der Waals surface area contributed by atoms with Crippen LogP contribution in [0, 0.1) is 0 Å². The first-order chi connectivity index (χ1) is 12.1. The number of methoxy groups -OCH3 is 2. The van der Waals surface area contributed by atoms with Crippen molar-refractivity contribution < 1.29 is 19.4 Å². The fourth-order valence-corrected chi connectivity index (χ4v) is 3.10. The number of rotatable bonds is 2. The summed E-state index contributed by atoms with van der Waals surface area (Å²) in [7, 11) is 3.22. The van der Waals surface area contributed by atoms with Crippen LogP contribution in [0.25, 0.3) is 11.1 Å².